The smallest absolute Gasteiger partial charge is 0.251 e. The Balaban J connectivity index is 1.81. The van der Waals surface area contributed by atoms with Crippen molar-refractivity contribution in [3.05, 3.63) is 71.0 Å². The number of nitrogens with two attached hydrogens (primary N) is 1. The molecule has 0 atom stereocenters. The lowest BCUT2D eigenvalue weighted by atomic mass is 10.0. The molecule has 0 bridgehead atoms. The maximum atomic E-state index is 12.2. The summed E-state index contributed by atoms with van der Waals surface area (Å²) in [5, 5.41) is 0. The van der Waals surface area contributed by atoms with Crippen molar-refractivity contribution in [2.75, 3.05) is 6.79 Å². The fourth-order valence-electron chi connectivity index (χ4n) is 3.60. The van der Waals surface area contributed by atoms with Crippen LogP contribution in [0.3, 0.4) is 0 Å². The highest BCUT2D eigenvalue weighted by Gasteiger charge is 2.23. The van der Waals surface area contributed by atoms with Crippen LogP contribution in [0.1, 0.15) is 27.3 Å². The summed E-state index contributed by atoms with van der Waals surface area (Å²) in [5.74, 6) is 1.11. The lowest BCUT2D eigenvalue weighted by Gasteiger charge is -2.11. The van der Waals surface area contributed by atoms with Crippen molar-refractivity contribution in [2.24, 2.45) is 5.73 Å². The van der Waals surface area contributed by atoms with Crippen LogP contribution in [0.2, 0.25) is 0 Å². The van der Waals surface area contributed by atoms with Gasteiger partial charge in [-0.2, -0.15) is 0 Å². The van der Waals surface area contributed by atoms with Gasteiger partial charge < -0.3 is 19.8 Å². The van der Waals surface area contributed by atoms with Crippen molar-refractivity contribution in [1.29, 1.82) is 0 Å². The van der Waals surface area contributed by atoms with E-state index in [1.807, 2.05) is 62.4 Å². The van der Waals surface area contributed by atoms with E-state index in [1.165, 1.54) is 0 Å². The largest absolute Gasteiger partial charge is 0.454 e. The Kier molecular flexibility index (Phi) is 3.92. The van der Waals surface area contributed by atoms with Crippen LogP contribution in [0.4, 0.5) is 0 Å². The van der Waals surface area contributed by atoms with Crippen LogP contribution in [0.25, 0.3) is 11.1 Å². The summed E-state index contributed by atoms with van der Waals surface area (Å²) in [4.78, 5) is 12.2. The molecule has 0 saturated heterocycles. The third-order valence-corrected chi connectivity index (χ3v) is 4.87. The van der Waals surface area contributed by atoms with Gasteiger partial charge in [0.2, 0.25) is 6.79 Å². The normalized spacial score (nSPS) is 12.4. The topological polar surface area (TPSA) is 66.5 Å². The van der Waals surface area contributed by atoms with Crippen LogP contribution in [0.15, 0.2) is 48.5 Å². The molecule has 2 heterocycles. The Morgan fingerprint density at radius 2 is 1.77 bits per heavy atom. The minimum Gasteiger partial charge on any atom is -0.454 e. The number of nitrogens with zero attached hydrogens (tertiary/aromatic N) is 1. The molecule has 0 saturated carbocycles. The van der Waals surface area contributed by atoms with Crippen molar-refractivity contribution in [3.63, 3.8) is 0 Å². The maximum absolute atomic E-state index is 12.2. The maximum Gasteiger partial charge on any atom is 0.251 e. The number of hydrogen-bond acceptors (Lipinski definition) is 3. The fourth-order valence-corrected chi connectivity index (χ4v) is 3.60. The summed E-state index contributed by atoms with van der Waals surface area (Å²) in [6.45, 7) is 4.84. The number of carbonyl (C=O) groups excluding carboxylic acids is 1. The Bertz CT molecular complexity index is 990. The molecule has 0 unspecified atom stereocenters. The monoisotopic (exact) mass is 348 g/mol. The minimum atomic E-state index is -0.408. The fraction of sp³-hybridized carbons (Fsp3) is 0.190. The molecule has 0 aliphatic carbocycles. The van der Waals surface area contributed by atoms with Crippen LogP contribution < -0.4 is 15.2 Å². The first kappa shape index (κ1) is 16.3. The Labute approximate surface area is 152 Å². The van der Waals surface area contributed by atoms with Gasteiger partial charge in [0.05, 0.1) is 5.56 Å². The Hall–Kier alpha value is -3.21. The first-order chi connectivity index (χ1) is 12.6. The average Bonchev–Trinajstić information content (AvgIpc) is 3.20. The molecule has 0 fully saturated rings. The van der Waals surface area contributed by atoms with Gasteiger partial charge in [0.25, 0.3) is 5.91 Å². The molecule has 4 rings (SSSR count). The second-order valence-corrected chi connectivity index (χ2v) is 6.42. The number of carbonyl (C=O) groups is 1. The molecule has 2 aromatic carbocycles. The van der Waals surface area contributed by atoms with E-state index in [1.54, 1.807) is 0 Å². The van der Waals surface area contributed by atoms with Gasteiger partial charge in [0, 0.05) is 23.5 Å². The number of amides is 1. The summed E-state index contributed by atoms with van der Waals surface area (Å²) < 4.78 is 13.0. The van der Waals surface area contributed by atoms with E-state index in [9.17, 15) is 4.79 Å². The van der Waals surface area contributed by atoms with Crippen LogP contribution in [-0.2, 0) is 6.54 Å². The number of ether oxygens (including phenoxy) is 2. The van der Waals surface area contributed by atoms with Crippen molar-refractivity contribution >= 4 is 5.91 Å². The number of primary amides is 1. The van der Waals surface area contributed by atoms with Crippen molar-refractivity contribution in [1.82, 2.24) is 4.57 Å². The Morgan fingerprint density at radius 1 is 1.04 bits per heavy atom. The standard InChI is InChI=1S/C21H20N2O3/c1-13-19(16-6-4-3-5-7-16)20(21(22)24)14(2)23(13)11-15-8-9-17-18(10-15)26-12-25-17/h3-10H,11-12H2,1-2H3,(H2,22,24). The predicted molar refractivity (Wildman–Crippen MR) is 99.5 cm³/mol. The predicted octanol–water partition coefficient (Wildman–Crippen LogP) is 3.65. The highest BCUT2D eigenvalue weighted by Crippen LogP contribution is 2.35. The number of fused-ring (bicyclic) bond motifs is 1. The van der Waals surface area contributed by atoms with Gasteiger partial charge in [-0.15, -0.1) is 0 Å². The van der Waals surface area contributed by atoms with Crippen LogP contribution in [-0.4, -0.2) is 17.3 Å². The Morgan fingerprint density at radius 3 is 2.50 bits per heavy atom. The van der Waals surface area contributed by atoms with Gasteiger partial charge in [0.15, 0.2) is 11.5 Å². The van der Waals surface area contributed by atoms with Gasteiger partial charge in [-0.05, 0) is 37.1 Å². The number of aromatic nitrogens is 1. The van der Waals surface area contributed by atoms with E-state index in [0.717, 1.165) is 39.6 Å². The van der Waals surface area contributed by atoms with Crippen LogP contribution in [0.5, 0.6) is 11.5 Å². The minimum absolute atomic E-state index is 0.254. The van der Waals surface area contributed by atoms with E-state index in [4.69, 9.17) is 15.2 Å². The molecule has 0 spiro atoms. The first-order valence-corrected chi connectivity index (χ1v) is 8.49. The molecule has 1 aromatic heterocycles. The lowest BCUT2D eigenvalue weighted by molar-refractivity contribution is 0.1000. The molecule has 5 nitrogen and oxygen atoms in total. The molecular weight excluding hydrogens is 328 g/mol. The third-order valence-electron chi connectivity index (χ3n) is 4.87. The molecule has 2 N–H and O–H groups in total. The summed E-state index contributed by atoms with van der Waals surface area (Å²) in [5.41, 5.74) is 11.1. The molecule has 26 heavy (non-hydrogen) atoms. The van der Waals surface area contributed by atoms with Gasteiger partial charge in [-0.25, -0.2) is 0 Å². The summed E-state index contributed by atoms with van der Waals surface area (Å²) in [6.07, 6.45) is 0. The molecule has 1 amide bonds. The zero-order valence-electron chi connectivity index (χ0n) is 14.8. The summed E-state index contributed by atoms with van der Waals surface area (Å²) in [7, 11) is 0. The molecule has 1 aliphatic heterocycles. The number of rotatable bonds is 4. The lowest BCUT2D eigenvalue weighted by Crippen LogP contribution is -2.13. The van der Waals surface area contributed by atoms with Crippen LogP contribution in [0, 0.1) is 13.8 Å². The zero-order chi connectivity index (χ0) is 18.3. The van der Waals surface area contributed by atoms with E-state index >= 15 is 0 Å². The number of benzene rings is 2. The molecular formula is C21H20N2O3. The first-order valence-electron chi connectivity index (χ1n) is 8.49. The quantitative estimate of drug-likeness (QED) is 0.783. The van der Waals surface area contributed by atoms with E-state index < -0.39 is 5.91 Å². The molecule has 3 aromatic rings. The zero-order valence-corrected chi connectivity index (χ0v) is 14.8. The second kappa shape index (κ2) is 6.26. The highest BCUT2D eigenvalue weighted by molar-refractivity contribution is 6.02. The number of hydrogen-bond donors (Lipinski definition) is 1. The summed E-state index contributed by atoms with van der Waals surface area (Å²) in [6, 6.07) is 15.8. The molecule has 0 radical (unpaired) electrons. The van der Waals surface area contributed by atoms with Gasteiger partial charge >= 0.3 is 0 Å². The third kappa shape index (κ3) is 2.62. The van der Waals surface area contributed by atoms with Crippen molar-refractivity contribution in [2.45, 2.75) is 20.4 Å². The average molecular weight is 348 g/mol. The van der Waals surface area contributed by atoms with Crippen molar-refractivity contribution in [3.8, 4) is 22.6 Å². The van der Waals surface area contributed by atoms with Gasteiger partial charge in [0.1, 0.15) is 0 Å². The van der Waals surface area contributed by atoms with Crippen LogP contribution >= 0.6 is 0 Å². The van der Waals surface area contributed by atoms with Crippen molar-refractivity contribution < 1.29 is 14.3 Å². The molecule has 132 valence electrons. The summed E-state index contributed by atoms with van der Waals surface area (Å²) >= 11 is 0. The molecule has 5 heteroatoms. The SMILES string of the molecule is Cc1c(C(N)=O)c(-c2ccccc2)c(C)n1Cc1ccc2c(c1)OCO2. The van der Waals surface area contributed by atoms with Gasteiger partial charge in [-0.3, -0.25) is 4.79 Å². The molecule has 1 aliphatic rings. The highest BCUT2D eigenvalue weighted by atomic mass is 16.7. The van der Waals surface area contributed by atoms with E-state index in [0.29, 0.717) is 12.1 Å². The van der Waals surface area contributed by atoms with E-state index in [2.05, 4.69) is 4.57 Å². The van der Waals surface area contributed by atoms with Gasteiger partial charge in [-0.1, -0.05) is 36.4 Å². The van der Waals surface area contributed by atoms with E-state index in [-0.39, 0.29) is 6.79 Å². The second-order valence-electron chi connectivity index (χ2n) is 6.42.